The van der Waals surface area contributed by atoms with E-state index in [4.69, 9.17) is 4.42 Å². The van der Waals surface area contributed by atoms with E-state index in [1.807, 2.05) is 12.1 Å². The van der Waals surface area contributed by atoms with Crippen molar-refractivity contribution in [1.29, 1.82) is 0 Å². The van der Waals surface area contributed by atoms with E-state index in [0.717, 1.165) is 72.5 Å². The van der Waals surface area contributed by atoms with Crippen molar-refractivity contribution in [2.75, 3.05) is 4.90 Å². The summed E-state index contributed by atoms with van der Waals surface area (Å²) < 4.78 is 8.93. The molecule has 67 heavy (non-hydrogen) atoms. The number of benzene rings is 11. The summed E-state index contributed by atoms with van der Waals surface area (Å²) in [6, 6.07) is 91.8. The Labute approximate surface area is 388 Å². The highest BCUT2D eigenvalue weighted by molar-refractivity contribution is 6.11. The van der Waals surface area contributed by atoms with E-state index in [9.17, 15) is 0 Å². The lowest BCUT2D eigenvalue weighted by molar-refractivity contribution is 0.670. The van der Waals surface area contributed by atoms with Crippen molar-refractivity contribution in [3.63, 3.8) is 0 Å². The van der Waals surface area contributed by atoms with E-state index in [1.165, 1.54) is 49.3 Å². The van der Waals surface area contributed by atoms with Gasteiger partial charge in [0, 0.05) is 49.4 Å². The van der Waals surface area contributed by atoms with Crippen LogP contribution in [0, 0.1) is 0 Å². The zero-order chi connectivity index (χ0) is 44.3. The highest BCUT2D eigenvalue weighted by Crippen LogP contribution is 2.44. The molecule has 0 aliphatic heterocycles. The maximum absolute atomic E-state index is 6.51. The van der Waals surface area contributed by atoms with Crippen molar-refractivity contribution in [2.24, 2.45) is 0 Å². The summed E-state index contributed by atoms with van der Waals surface area (Å²) in [6.07, 6.45) is 0. The number of para-hydroxylation sites is 5. The minimum Gasteiger partial charge on any atom is -0.455 e. The molecule has 314 valence electrons. The molecule has 0 radical (unpaired) electrons. The van der Waals surface area contributed by atoms with Crippen molar-refractivity contribution in [3.8, 4) is 50.2 Å². The number of hydrogen-bond acceptors (Lipinski definition) is 2. The Kier molecular flexibility index (Phi) is 9.17. The van der Waals surface area contributed by atoms with Crippen LogP contribution in [0.2, 0.25) is 0 Å². The fourth-order valence-electron chi connectivity index (χ4n) is 10.3. The lowest BCUT2D eigenvalue weighted by atomic mass is 9.93. The summed E-state index contributed by atoms with van der Waals surface area (Å²) in [5, 5.41) is 7.17. The van der Waals surface area contributed by atoms with E-state index in [0.29, 0.717) is 0 Å². The summed E-state index contributed by atoms with van der Waals surface area (Å²) >= 11 is 0. The first-order valence-corrected chi connectivity index (χ1v) is 22.9. The van der Waals surface area contributed by atoms with Crippen LogP contribution in [-0.4, -0.2) is 4.57 Å². The van der Waals surface area contributed by atoms with Crippen LogP contribution in [0.3, 0.4) is 0 Å². The first-order valence-electron chi connectivity index (χ1n) is 22.9. The second-order valence-electron chi connectivity index (χ2n) is 17.2. The highest BCUT2D eigenvalue weighted by atomic mass is 16.3. The number of nitrogens with zero attached hydrogens (tertiary/aromatic N) is 2. The minimum atomic E-state index is 0.902. The van der Waals surface area contributed by atoms with Crippen LogP contribution in [0.15, 0.2) is 259 Å². The van der Waals surface area contributed by atoms with Gasteiger partial charge in [0.05, 0.1) is 22.4 Å². The van der Waals surface area contributed by atoms with Crippen LogP contribution in [0.25, 0.3) is 105 Å². The van der Waals surface area contributed by atoms with Gasteiger partial charge in [-0.05, 0) is 99.4 Å². The minimum absolute atomic E-state index is 0.902. The van der Waals surface area contributed by atoms with Crippen LogP contribution in [0.1, 0.15) is 0 Å². The van der Waals surface area contributed by atoms with Gasteiger partial charge in [0.25, 0.3) is 0 Å². The average Bonchev–Trinajstić information content (AvgIpc) is 3.95. The molecule has 0 atom stereocenters. The molecule has 0 bridgehead atoms. The van der Waals surface area contributed by atoms with E-state index in [2.05, 4.69) is 252 Å². The second-order valence-corrected chi connectivity index (χ2v) is 17.2. The normalized spacial score (nSPS) is 11.6. The molecular weight excluding hydrogens is 813 g/mol. The number of aromatic nitrogens is 1. The fraction of sp³-hybridized carbons (Fsp3) is 0. The molecule has 0 N–H and O–H groups in total. The summed E-state index contributed by atoms with van der Waals surface area (Å²) in [5.74, 6) is 0. The topological polar surface area (TPSA) is 21.3 Å². The van der Waals surface area contributed by atoms with Gasteiger partial charge in [0.15, 0.2) is 0 Å². The third-order valence-electron chi connectivity index (χ3n) is 13.4. The molecule has 2 heterocycles. The Morgan fingerprint density at radius 1 is 0.313 bits per heavy atom. The third kappa shape index (κ3) is 6.51. The van der Waals surface area contributed by atoms with Gasteiger partial charge < -0.3 is 13.9 Å². The first kappa shape index (κ1) is 38.5. The third-order valence-corrected chi connectivity index (χ3v) is 13.4. The standard InChI is InChI=1S/C64H42N2O/c1-2-21-51-44(16-1)17-14-32-59(51)65(49-40-36-45(37-41-49)50-20-3-4-23-53(50)57-27-15-28-58-56-26-8-12-33-63(56)67-64(57)58)48-38-34-43(35-39-48)46-18-13-19-47(42-46)52-22-5-9-29-60(52)66-61-30-10-6-24-54(61)55-25-7-11-31-62(55)66/h1-42H. The molecule has 0 saturated carbocycles. The van der Waals surface area contributed by atoms with Gasteiger partial charge in [0.2, 0.25) is 0 Å². The molecule has 13 rings (SSSR count). The Morgan fingerprint density at radius 3 is 1.60 bits per heavy atom. The quantitative estimate of drug-likeness (QED) is 0.152. The van der Waals surface area contributed by atoms with Crippen LogP contribution in [-0.2, 0) is 0 Å². The molecule has 11 aromatic carbocycles. The predicted molar refractivity (Wildman–Crippen MR) is 282 cm³/mol. The lowest BCUT2D eigenvalue weighted by Crippen LogP contribution is -2.10. The molecule has 3 nitrogen and oxygen atoms in total. The molecule has 13 aromatic rings. The number of rotatable bonds is 8. The number of fused-ring (bicyclic) bond motifs is 7. The van der Waals surface area contributed by atoms with Gasteiger partial charge in [0.1, 0.15) is 11.2 Å². The molecule has 0 spiro atoms. The van der Waals surface area contributed by atoms with Gasteiger partial charge in [-0.3, -0.25) is 0 Å². The number of anilines is 3. The highest BCUT2D eigenvalue weighted by Gasteiger charge is 2.20. The van der Waals surface area contributed by atoms with Gasteiger partial charge in [-0.1, -0.05) is 194 Å². The van der Waals surface area contributed by atoms with E-state index in [-0.39, 0.29) is 0 Å². The van der Waals surface area contributed by atoms with Crippen LogP contribution >= 0.6 is 0 Å². The molecule has 0 amide bonds. The zero-order valence-corrected chi connectivity index (χ0v) is 36.6. The van der Waals surface area contributed by atoms with Crippen molar-refractivity contribution in [3.05, 3.63) is 255 Å². The largest absolute Gasteiger partial charge is 0.455 e. The average molecular weight is 855 g/mol. The van der Waals surface area contributed by atoms with Gasteiger partial charge >= 0.3 is 0 Å². The molecule has 0 aliphatic carbocycles. The molecule has 0 unspecified atom stereocenters. The Morgan fingerprint density at radius 2 is 0.836 bits per heavy atom. The van der Waals surface area contributed by atoms with Gasteiger partial charge in [-0.15, -0.1) is 0 Å². The molecule has 0 saturated heterocycles. The van der Waals surface area contributed by atoms with E-state index < -0.39 is 0 Å². The summed E-state index contributed by atoms with van der Waals surface area (Å²) in [4.78, 5) is 2.38. The van der Waals surface area contributed by atoms with E-state index in [1.54, 1.807) is 0 Å². The van der Waals surface area contributed by atoms with Crippen LogP contribution in [0.4, 0.5) is 17.1 Å². The molecule has 0 aliphatic rings. The maximum atomic E-state index is 6.51. The monoisotopic (exact) mass is 854 g/mol. The lowest BCUT2D eigenvalue weighted by Gasteiger charge is -2.27. The Hall–Kier alpha value is -8.92. The van der Waals surface area contributed by atoms with Crippen molar-refractivity contribution in [2.45, 2.75) is 0 Å². The smallest absolute Gasteiger partial charge is 0.143 e. The van der Waals surface area contributed by atoms with Crippen molar-refractivity contribution >= 4 is 71.6 Å². The SMILES string of the molecule is c1cc(-c2ccc(N(c3ccc(-c4ccccc4-c4cccc5c4oc4ccccc45)cc3)c3cccc4ccccc34)cc2)cc(-c2ccccc2-n2c3ccccc3c3ccccc32)c1. The zero-order valence-electron chi connectivity index (χ0n) is 36.6. The Bertz CT molecular complexity index is 3930. The van der Waals surface area contributed by atoms with Gasteiger partial charge in [-0.25, -0.2) is 0 Å². The van der Waals surface area contributed by atoms with Crippen LogP contribution in [0.5, 0.6) is 0 Å². The van der Waals surface area contributed by atoms with Crippen molar-refractivity contribution < 1.29 is 4.42 Å². The van der Waals surface area contributed by atoms with E-state index >= 15 is 0 Å². The molecule has 2 aromatic heterocycles. The molecule has 3 heteroatoms. The van der Waals surface area contributed by atoms with Crippen molar-refractivity contribution in [1.82, 2.24) is 4.57 Å². The number of hydrogen-bond donors (Lipinski definition) is 0. The predicted octanol–water partition coefficient (Wildman–Crippen LogP) is 18.0. The summed E-state index contributed by atoms with van der Waals surface area (Å²) in [5.41, 5.74) is 17.9. The number of furan rings is 1. The second kappa shape index (κ2) is 16.0. The molecular formula is C64H42N2O. The van der Waals surface area contributed by atoms with Crippen LogP contribution < -0.4 is 4.90 Å². The Balaban J connectivity index is 0.878. The van der Waals surface area contributed by atoms with Gasteiger partial charge in [-0.2, -0.15) is 0 Å². The first-order chi connectivity index (χ1) is 33.2. The fourth-order valence-corrected chi connectivity index (χ4v) is 10.3. The maximum Gasteiger partial charge on any atom is 0.143 e. The summed E-state index contributed by atoms with van der Waals surface area (Å²) in [7, 11) is 0. The summed E-state index contributed by atoms with van der Waals surface area (Å²) in [6.45, 7) is 0. The molecule has 0 fully saturated rings.